The van der Waals surface area contributed by atoms with E-state index < -0.39 is 0 Å². The molecule has 12 nitrogen and oxygen atoms in total. The number of para-hydroxylation sites is 2. The summed E-state index contributed by atoms with van der Waals surface area (Å²) in [6.07, 6.45) is 7.15. The quantitative estimate of drug-likeness (QED) is 0.0758. The molecular formula is C44H46Cl4N8O4. The van der Waals surface area contributed by atoms with Crippen molar-refractivity contribution in [3.8, 4) is 11.5 Å². The van der Waals surface area contributed by atoms with Crippen LogP contribution in [0.4, 0.5) is 11.4 Å². The van der Waals surface area contributed by atoms with Crippen molar-refractivity contribution < 1.29 is 19.1 Å². The second kappa shape index (κ2) is 21.1. The number of carbonyl (C=O) groups excluding carboxylic acids is 2. The molecule has 2 aromatic heterocycles. The molecule has 2 N–H and O–H groups in total. The van der Waals surface area contributed by atoms with Gasteiger partial charge in [-0.25, -0.2) is 9.97 Å². The first-order valence-electron chi connectivity index (χ1n) is 19.5. The average Bonchev–Trinajstić information content (AvgIpc) is 3.23. The Morgan fingerprint density at radius 3 is 1.43 bits per heavy atom. The minimum atomic E-state index is -0.138. The molecule has 0 aliphatic heterocycles. The highest BCUT2D eigenvalue weighted by atomic mass is 35.5. The van der Waals surface area contributed by atoms with Crippen molar-refractivity contribution in [3.05, 3.63) is 116 Å². The molecular weight excluding hydrogens is 846 g/mol. The van der Waals surface area contributed by atoms with Crippen molar-refractivity contribution in [1.82, 2.24) is 30.6 Å². The molecule has 60 heavy (non-hydrogen) atoms. The van der Waals surface area contributed by atoms with Gasteiger partial charge in [0.2, 0.25) is 11.8 Å². The van der Waals surface area contributed by atoms with E-state index in [1.54, 1.807) is 50.8 Å². The van der Waals surface area contributed by atoms with Crippen LogP contribution in [0.2, 0.25) is 20.1 Å². The number of halogens is 4. The molecule has 0 bridgehead atoms. The molecule has 2 heterocycles. The molecule has 6 rings (SSSR count). The predicted octanol–water partition coefficient (Wildman–Crippen LogP) is 9.33. The number of anilines is 2. The lowest BCUT2D eigenvalue weighted by Gasteiger charge is -2.21. The summed E-state index contributed by atoms with van der Waals surface area (Å²) >= 11 is 26.6. The zero-order valence-corrected chi connectivity index (χ0v) is 36.9. The van der Waals surface area contributed by atoms with Gasteiger partial charge >= 0.3 is 0 Å². The maximum Gasteiger partial charge on any atom is 0.240 e. The molecule has 6 aromatic rings. The van der Waals surface area contributed by atoms with Gasteiger partial charge in [-0.2, -0.15) is 0 Å². The molecule has 0 unspecified atom stereocenters. The SMILES string of the molecule is Cc1cnc2cccc(OCc3c(Cl)ccc(N(C)C(=O)CNCCCCCCNCC(=O)N(C)c4ccc(Cl)c(COc5cccc6ncc(C)nc56)c4Cl)c3Cl)c2n1. The minimum Gasteiger partial charge on any atom is -0.486 e. The predicted molar refractivity (Wildman–Crippen MR) is 241 cm³/mol. The number of carbonyl (C=O) groups is 2. The van der Waals surface area contributed by atoms with Crippen LogP contribution in [0.3, 0.4) is 0 Å². The number of benzene rings is 4. The summed E-state index contributed by atoms with van der Waals surface area (Å²) in [5, 5.41) is 8.02. The van der Waals surface area contributed by atoms with Crippen LogP contribution in [-0.4, -0.2) is 72.0 Å². The lowest BCUT2D eigenvalue weighted by molar-refractivity contribution is -0.118. The number of hydrogen-bond donors (Lipinski definition) is 2. The smallest absolute Gasteiger partial charge is 0.240 e. The molecule has 0 aliphatic rings. The molecule has 0 radical (unpaired) electrons. The Morgan fingerprint density at radius 2 is 1.02 bits per heavy atom. The number of nitrogens with zero attached hydrogens (tertiary/aromatic N) is 6. The normalized spacial score (nSPS) is 11.3. The Kier molecular flexibility index (Phi) is 15.7. The Labute approximate surface area is 369 Å². The number of aromatic nitrogens is 4. The largest absolute Gasteiger partial charge is 0.486 e. The standard InChI is InChI=1S/C44H46Cl4N8O4/c1-27-21-51-33-11-9-13-37(43(33)53-27)59-25-29-31(45)15-17-35(41(29)47)55(3)39(57)23-49-19-7-5-6-8-20-50-24-40(58)56(4)36-18-16-32(46)30(42(36)48)26-60-38-14-10-12-34-44(38)54-28(2)22-52-34/h9-18,21-22,49-50H,5-8,19-20,23-26H2,1-4H3. The van der Waals surface area contributed by atoms with Crippen molar-refractivity contribution in [1.29, 1.82) is 0 Å². The summed E-state index contributed by atoms with van der Waals surface area (Å²) in [5.74, 6) is 0.847. The van der Waals surface area contributed by atoms with Crippen molar-refractivity contribution >= 4 is 91.7 Å². The highest BCUT2D eigenvalue weighted by Crippen LogP contribution is 2.37. The molecule has 16 heteroatoms. The highest BCUT2D eigenvalue weighted by molar-refractivity contribution is 6.39. The number of likely N-dealkylation sites (N-methyl/N-ethyl adjacent to an activating group) is 2. The first-order chi connectivity index (χ1) is 28.9. The van der Waals surface area contributed by atoms with Crippen molar-refractivity contribution in [2.24, 2.45) is 0 Å². The molecule has 2 amide bonds. The fourth-order valence-corrected chi connectivity index (χ4v) is 7.64. The zero-order valence-electron chi connectivity index (χ0n) is 33.8. The van der Waals surface area contributed by atoms with Gasteiger partial charge in [-0.1, -0.05) is 71.4 Å². The van der Waals surface area contributed by atoms with E-state index in [9.17, 15) is 9.59 Å². The number of nitrogens with one attached hydrogen (secondary N) is 2. The Bertz CT molecular complexity index is 2320. The summed E-state index contributed by atoms with van der Waals surface area (Å²) in [7, 11) is 3.37. The first-order valence-corrected chi connectivity index (χ1v) is 21.0. The van der Waals surface area contributed by atoms with Gasteiger partial charge in [0.15, 0.2) is 0 Å². The maximum atomic E-state index is 13.1. The van der Waals surface area contributed by atoms with Gasteiger partial charge in [0, 0.05) is 47.7 Å². The number of rotatable bonds is 19. The third-order valence-electron chi connectivity index (χ3n) is 9.87. The van der Waals surface area contributed by atoms with E-state index in [1.165, 1.54) is 9.80 Å². The van der Waals surface area contributed by atoms with E-state index in [0.717, 1.165) is 48.1 Å². The second-order valence-electron chi connectivity index (χ2n) is 14.2. The molecule has 0 spiro atoms. The van der Waals surface area contributed by atoms with Crippen LogP contribution in [0.25, 0.3) is 22.1 Å². The third kappa shape index (κ3) is 11.1. The summed E-state index contributed by atoms with van der Waals surface area (Å²) in [6.45, 7) is 5.58. The van der Waals surface area contributed by atoms with E-state index in [1.807, 2.05) is 50.2 Å². The molecule has 0 fully saturated rings. The molecule has 0 saturated carbocycles. The fourth-order valence-electron chi connectivity index (χ4n) is 6.43. The second-order valence-corrected chi connectivity index (χ2v) is 15.8. The molecule has 0 atom stereocenters. The fraction of sp³-hybridized carbons (Fsp3) is 0.318. The molecule has 0 saturated heterocycles. The van der Waals surface area contributed by atoms with Gasteiger partial charge in [0.25, 0.3) is 0 Å². The van der Waals surface area contributed by atoms with Gasteiger partial charge in [-0.05, 0) is 88.3 Å². The lowest BCUT2D eigenvalue weighted by atomic mass is 10.2. The van der Waals surface area contributed by atoms with E-state index in [2.05, 4.69) is 30.6 Å². The number of ether oxygens (including phenoxy) is 2. The summed E-state index contributed by atoms with van der Waals surface area (Å²) < 4.78 is 12.2. The van der Waals surface area contributed by atoms with Gasteiger partial charge < -0.3 is 29.9 Å². The number of unbranched alkanes of at least 4 members (excludes halogenated alkanes) is 3. The van der Waals surface area contributed by atoms with Crippen LogP contribution in [0.15, 0.2) is 73.1 Å². The Hall–Kier alpha value is -4.82. The number of hydrogen-bond acceptors (Lipinski definition) is 10. The first kappa shape index (κ1) is 44.7. The van der Waals surface area contributed by atoms with Gasteiger partial charge in [-0.3, -0.25) is 19.6 Å². The number of aryl methyl sites for hydroxylation is 2. The van der Waals surface area contributed by atoms with E-state index in [4.69, 9.17) is 55.9 Å². The van der Waals surface area contributed by atoms with E-state index in [-0.39, 0.29) is 38.1 Å². The summed E-state index contributed by atoms with van der Waals surface area (Å²) in [5.41, 5.74) is 6.49. The number of amides is 2. The Balaban J connectivity index is 0.880. The van der Waals surface area contributed by atoms with Crippen LogP contribution in [0.5, 0.6) is 11.5 Å². The van der Waals surface area contributed by atoms with Crippen LogP contribution < -0.4 is 29.9 Å². The molecule has 314 valence electrons. The minimum absolute atomic E-state index is 0.0871. The van der Waals surface area contributed by atoms with E-state index in [0.29, 0.717) is 78.2 Å². The number of fused-ring (bicyclic) bond motifs is 2. The lowest BCUT2D eigenvalue weighted by Crippen LogP contribution is -2.36. The molecule has 4 aromatic carbocycles. The van der Waals surface area contributed by atoms with Crippen molar-refractivity contribution in [2.75, 3.05) is 50.1 Å². The van der Waals surface area contributed by atoms with Gasteiger partial charge in [0.05, 0.1) is 56.9 Å². The van der Waals surface area contributed by atoms with Gasteiger partial charge in [0.1, 0.15) is 35.7 Å². The zero-order chi connectivity index (χ0) is 42.8. The van der Waals surface area contributed by atoms with E-state index >= 15 is 0 Å². The average molecular weight is 893 g/mol. The van der Waals surface area contributed by atoms with Crippen molar-refractivity contribution in [2.45, 2.75) is 52.7 Å². The van der Waals surface area contributed by atoms with Crippen LogP contribution in [0, 0.1) is 13.8 Å². The van der Waals surface area contributed by atoms with Crippen LogP contribution in [0.1, 0.15) is 48.2 Å². The van der Waals surface area contributed by atoms with Crippen LogP contribution >= 0.6 is 46.4 Å². The summed E-state index contributed by atoms with van der Waals surface area (Å²) in [4.78, 5) is 47.2. The van der Waals surface area contributed by atoms with Crippen molar-refractivity contribution in [3.63, 3.8) is 0 Å². The molecule has 0 aliphatic carbocycles. The maximum absolute atomic E-state index is 13.1. The van der Waals surface area contributed by atoms with Gasteiger partial charge in [-0.15, -0.1) is 0 Å². The third-order valence-corrected chi connectivity index (χ3v) is 11.4. The topological polar surface area (TPSA) is 135 Å². The Morgan fingerprint density at radius 1 is 0.600 bits per heavy atom. The highest BCUT2D eigenvalue weighted by Gasteiger charge is 2.21. The summed E-state index contributed by atoms with van der Waals surface area (Å²) in [6, 6.07) is 18.0. The van der Waals surface area contributed by atoms with Crippen LogP contribution in [-0.2, 0) is 22.8 Å². The monoisotopic (exact) mass is 890 g/mol.